The summed E-state index contributed by atoms with van der Waals surface area (Å²) in [6.07, 6.45) is 8.05. The van der Waals surface area contributed by atoms with Gasteiger partial charge < -0.3 is 25.2 Å². The summed E-state index contributed by atoms with van der Waals surface area (Å²) in [7, 11) is 0. The first-order chi connectivity index (χ1) is 18.0. The van der Waals surface area contributed by atoms with Crippen LogP contribution in [0.15, 0.2) is 42.5 Å². The second-order valence-electron chi connectivity index (χ2n) is 10.7. The van der Waals surface area contributed by atoms with Gasteiger partial charge in [-0.2, -0.15) is 5.48 Å². The van der Waals surface area contributed by atoms with Crippen LogP contribution >= 0.6 is 0 Å². The van der Waals surface area contributed by atoms with Crippen LogP contribution in [0.25, 0.3) is 0 Å². The lowest BCUT2D eigenvalue weighted by atomic mass is 9.94. The molecule has 2 aromatic rings. The number of nitrogen functional groups attached to an aromatic ring is 1. The van der Waals surface area contributed by atoms with Gasteiger partial charge in [0.1, 0.15) is 17.6 Å². The average molecular weight is 509 g/mol. The van der Waals surface area contributed by atoms with Crippen molar-refractivity contribution in [2.75, 3.05) is 38.6 Å². The van der Waals surface area contributed by atoms with Crippen LogP contribution in [-0.4, -0.2) is 66.3 Å². The van der Waals surface area contributed by atoms with E-state index < -0.39 is 0 Å². The first kappa shape index (κ1) is 26.0. The van der Waals surface area contributed by atoms with Gasteiger partial charge in [-0.1, -0.05) is 12.8 Å². The Morgan fingerprint density at radius 1 is 1.05 bits per heavy atom. The molecule has 2 aliphatic carbocycles. The van der Waals surface area contributed by atoms with Gasteiger partial charge in [0.25, 0.3) is 0 Å². The summed E-state index contributed by atoms with van der Waals surface area (Å²) in [6.45, 7) is 4.28. The van der Waals surface area contributed by atoms with Crippen LogP contribution < -0.4 is 20.8 Å². The zero-order valence-corrected chi connectivity index (χ0v) is 21.6. The number of rotatable bonds is 9. The van der Waals surface area contributed by atoms with E-state index in [0.717, 1.165) is 63.4 Å². The maximum atomic E-state index is 9.89. The molecule has 0 amide bonds. The van der Waals surface area contributed by atoms with Crippen molar-refractivity contribution in [3.8, 4) is 11.5 Å². The molecule has 8 nitrogen and oxygen atoms in total. The molecule has 0 aromatic heterocycles. The largest absolute Gasteiger partial charge is 0.490 e. The predicted molar refractivity (Wildman–Crippen MR) is 144 cm³/mol. The number of nitrogens with one attached hydrogen (secondary N) is 2. The van der Waals surface area contributed by atoms with Crippen molar-refractivity contribution >= 4 is 11.4 Å². The van der Waals surface area contributed by atoms with E-state index in [1.807, 2.05) is 36.4 Å². The molecule has 2 saturated carbocycles. The smallest absolute Gasteiger partial charge is 0.147 e. The summed E-state index contributed by atoms with van der Waals surface area (Å²) in [6, 6.07) is 13.0. The van der Waals surface area contributed by atoms with Gasteiger partial charge in [0.05, 0.1) is 31.6 Å². The number of benzene rings is 2. The number of morpholine rings is 1. The SMILES string of the molecule is N=C(c1ccc(OC2CCCC(O)C2)cc1)c1cc(ONCC2(N3CCOCC3)CCCC2)ccc1N. The Kier molecular flexibility index (Phi) is 8.30. The Balaban J connectivity index is 1.20. The minimum absolute atomic E-state index is 0.0395. The van der Waals surface area contributed by atoms with Crippen molar-refractivity contribution in [1.29, 1.82) is 5.41 Å². The van der Waals surface area contributed by atoms with Crippen molar-refractivity contribution in [2.45, 2.75) is 69.1 Å². The van der Waals surface area contributed by atoms with Crippen molar-refractivity contribution in [3.05, 3.63) is 53.6 Å². The van der Waals surface area contributed by atoms with E-state index >= 15 is 0 Å². The van der Waals surface area contributed by atoms with Crippen LogP contribution in [0.4, 0.5) is 5.69 Å². The maximum absolute atomic E-state index is 9.89. The number of ether oxygens (including phenoxy) is 2. The summed E-state index contributed by atoms with van der Waals surface area (Å²) in [4.78, 5) is 8.54. The van der Waals surface area contributed by atoms with Gasteiger partial charge in [-0.15, -0.1) is 0 Å². The monoisotopic (exact) mass is 508 g/mol. The molecule has 37 heavy (non-hydrogen) atoms. The van der Waals surface area contributed by atoms with Gasteiger partial charge in [-0.25, -0.2) is 0 Å². The first-order valence-electron chi connectivity index (χ1n) is 13.7. The third-order valence-electron chi connectivity index (χ3n) is 8.15. The van der Waals surface area contributed by atoms with Crippen LogP contribution in [0.2, 0.25) is 0 Å². The van der Waals surface area contributed by atoms with Gasteiger partial charge in [-0.05, 0) is 74.6 Å². The lowest BCUT2D eigenvalue weighted by molar-refractivity contribution is -0.0298. The number of aliphatic hydroxyl groups is 1. The Morgan fingerprint density at radius 2 is 1.78 bits per heavy atom. The Labute approximate surface area is 219 Å². The Morgan fingerprint density at radius 3 is 2.51 bits per heavy atom. The van der Waals surface area contributed by atoms with E-state index in [1.54, 1.807) is 6.07 Å². The molecule has 200 valence electrons. The number of nitrogens with zero attached hydrogens (tertiary/aromatic N) is 1. The number of anilines is 1. The predicted octanol–water partition coefficient (Wildman–Crippen LogP) is 3.90. The van der Waals surface area contributed by atoms with E-state index in [-0.39, 0.29) is 17.7 Å². The molecule has 1 heterocycles. The second kappa shape index (κ2) is 11.8. The van der Waals surface area contributed by atoms with Gasteiger partial charge in [0.15, 0.2) is 0 Å². The highest BCUT2D eigenvalue weighted by Gasteiger charge is 2.40. The minimum Gasteiger partial charge on any atom is -0.490 e. The maximum Gasteiger partial charge on any atom is 0.147 e. The van der Waals surface area contributed by atoms with Crippen LogP contribution in [0.5, 0.6) is 11.5 Å². The molecule has 5 N–H and O–H groups in total. The Hall–Kier alpha value is -2.65. The molecular weight excluding hydrogens is 468 g/mol. The quantitative estimate of drug-likeness (QED) is 0.231. The fourth-order valence-corrected chi connectivity index (χ4v) is 6.02. The molecule has 2 aromatic carbocycles. The fourth-order valence-electron chi connectivity index (χ4n) is 6.02. The highest BCUT2D eigenvalue weighted by molar-refractivity contribution is 6.14. The zero-order chi connectivity index (χ0) is 25.7. The van der Waals surface area contributed by atoms with Crippen molar-refractivity contribution in [1.82, 2.24) is 10.4 Å². The molecule has 0 spiro atoms. The van der Waals surface area contributed by atoms with Gasteiger partial charge in [-0.3, -0.25) is 10.3 Å². The lowest BCUT2D eigenvalue weighted by Gasteiger charge is -2.43. The summed E-state index contributed by atoms with van der Waals surface area (Å²) >= 11 is 0. The fraction of sp³-hybridized carbons (Fsp3) is 0.552. The van der Waals surface area contributed by atoms with Gasteiger partial charge >= 0.3 is 0 Å². The lowest BCUT2D eigenvalue weighted by Crippen LogP contribution is -2.57. The molecule has 0 radical (unpaired) electrons. The molecular formula is C29H40N4O4. The van der Waals surface area contributed by atoms with Gasteiger partial charge in [0, 0.05) is 41.9 Å². The number of hydroxylamine groups is 1. The van der Waals surface area contributed by atoms with E-state index in [0.29, 0.717) is 29.1 Å². The molecule has 1 aliphatic heterocycles. The zero-order valence-electron chi connectivity index (χ0n) is 21.6. The molecule has 3 aliphatic rings. The number of hydrogen-bond acceptors (Lipinski definition) is 8. The molecule has 1 saturated heterocycles. The molecule has 8 heteroatoms. The van der Waals surface area contributed by atoms with E-state index in [1.165, 1.54) is 25.7 Å². The summed E-state index contributed by atoms with van der Waals surface area (Å²) in [5.74, 6) is 1.39. The molecule has 2 atom stereocenters. The molecule has 3 fully saturated rings. The van der Waals surface area contributed by atoms with Crippen molar-refractivity contribution in [2.24, 2.45) is 0 Å². The van der Waals surface area contributed by atoms with Crippen LogP contribution in [0.1, 0.15) is 62.5 Å². The number of hydrogen-bond donors (Lipinski definition) is 4. The van der Waals surface area contributed by atoms with Crippen molar-refractivity contribution < 1.29 is 19.4 Å². The number of aliphatic hydroxyl groups excluding tert-OH is 1. The highest BCUT2D eigenvalue weighted by Crippen LogP contribution is 2.35. The van der Waals surface area contributed by atoms with Crippen LogP contribution in [0.3, 0.4) is 0 Å². The summed E-state index contributed by atoms with van der Waals surface area (Å²) < 4.78 is 11.6. The normalized spacial score (nSPS) is 24.0. The molecule has 0 bridgehead atoms. The first-order valence-corrected chi connectivity index (χ1v) is 13.7. The highest BCUT2D eigenvalue weighted by atomic mass is 16.6. The van der Waals surface area contributed by atoms with E-state index in [9.17, 15) is 5.11 Å². The standard InChI is InChI=1S/C29H40N4O4/c30-27-11-10-25(37-32-20-29(12-1-2-13-29)33-14-16-35-17-15-33)19-26(27)28(31)21-6-8-23(9-7-21)36-24-5-3-4-22(34)18-24/h6-11,19,22,24,31-32,34H,1-5,12-18,20,30H2. The third-order valence-corrected chi connectivity index (χ3v) is 8.15. The second-order valence-corrected chi connectivity index (χ2v) is 10.7. The van der Waals surface area contributed by atoms with E-state index in [2.05, 4.69) is 10.4 Å². The summed E-state index contributed by atoms with van der Waals surface area (Å²) in [5, 5.41) is 18.7. The van der Waals surface area contributed by atoms with Crippen LogP contribution in [0, 0.1) is 5.41 Å². The summed E-state index contributed by atoms with van der Waals surface area (Å²) in [5.41, 5.74) is 11.9. The van der Waals surface area contributed by atoms with Crippen molar-refractivity contribution in [3.63, 3.8) is 0 Å². The third kappa shape index (κ3) is 6.26. The molecule has 2 unspecified atom stereocenters. The minimum atomic E-state index is -0.277. The molecule has 5 rings (SSSR count). The van der Waals surface area contributed by atoms with E-state index in [4.69, 9.17) is 25.5 Å². The van der Waals surface area contributed by atoms with Gasteiger partial charge in [0.2, 0.25) is 0 Å². The number of nitrogens with two attached hydrogens (primary N) is 1. The topological polar surface area (TPSA) is 113 Å². The van der Waals surface area contributed by atoms with Crippen LogP contribution in [-0.2, 0) is 4.74 Å². The average Bonchev–Trinajstić information content (AvgIpc) is 3.40. The Bertz CT molecular complexity index is 1050.